The summed E-state index contributed by atoms with van der Waals surface area (Å²) >= 11 is -1.66. The van der Waals surface area contributed by atoms with Crippen LogP contribution in [0.25, 0.3) is 0 Å². The summed E-state index contributed by atoms with van der Waals surface area (Å²) in [4.78, 5) is 0. The zero-order chi connectivity index (χ0) is 3.58. The maximum absolute atomic E-state index is 4.94. The van der Waals surface area contributed by atoms with Crippen LogP contribution < -0.4 is 0 Å². The molecule has 0 fully saturated rings. The third-order valence-corrected chi connectivity index (χ3v) is 0. The van der Waals surface area contributed by atoms with Gasteiger partial charge in [0.1, 0.15) is 0 Å². The molecule has 0 aromatic heterocycles. The van der Waals surface area contributed by atoms with E-state index in [0.29, 0.717) is 0 Å². The van der Waals surface area contributed by atoms with E-state index >= 15 is 0 Å². The Bertz CT molecular complexity index is 18.4. The van der Waals surface area contributed by atoms with Gasteiger partial charge in [-0.1, -0.05) is 0 Å². The van der Waals surface area contributed by atoms with Crippen LogP contribution in [0.4, 0.5) is 0 Å². The first-order valence-electron chi connectivity index (χ1n) is 0.314. The topological polar surface area (TPSA) is 220 Å². The van der Waals surface area contributed by atoms with Crippen molar-refractivity contribution in [3.63, 3.8) is 0 Å². The molecule has 0 saturated carbocycles. The standard InChI is InChI=1S/3ClH.7H2O.Tm/h3*1H;7*1H2;/q;;;;;;;;;;+3/p-3. The molecule has 0 heterocycles. The normalized spacial score (nSPS) is 4.09. The van der Waals surface area contributed by atoms with E-state index < -0.39 is 26.7 Å². The molecule has 0 saturated heterocycles. The van der Waals surface area contributed by atoms with Gasteiger partial charge in [-0.2, -0.15) is 0 Å². The molecule has 0 atom stereocenters. The summed E-state index contributed by atoms with van der Waals surface area (Å²) in [7, 11) is 0. The van der Waals surface area contributed by atoms with Crippen molar-refractivity contribution in [1.82, 2.24) is 0 Å². The predicted molar refractivity (Wildman–Crippen MR) is 42.9 cm³/mol. The quantitative estimate of drug-likeness (QED) is 0.382. The van der Waals surface area contributed by atoms with Gasteiger partial charge in [-0.05, 0) is 0 Å². The fourth-order valence-corrected chi connectivity index (χ4v) is 0. The van der Waals surface area contributed by atoms with Crippen molar-refractivity contribution in [2.45, 2.75) is 0 Å². The molecule has 7 nitrogen and oxygen atoms in total. The fourth-order valence-electron chi connectivity index (χ4n) is 0. The molecule has 0 amide bonds. The van der Waals surface area contributed by atoms with Gasteiger partial charge in [0.2, 0.25) is 0 Å². The van der Waals surface area contributed by atoms with Crippen LogP contribution >= 0.6 is 19.7 Å². The molecule has 0 bridgehead atoms. The number of halogens is 3. The van der Waals surface area contributed by atoms with Crippen LogP contribution in [-0.2, 0) is 0 Å². The van der Waals surface area contributed by atoms with Gasteiger partial charge in [0.25, 0.3) is 0 Å². The molecule has 0 rings (SSSR count). The van der Waals surface area contributed by atoms with Crippen molar-refractivity contribution in [2.24, 2.45) is 0 Å². The Hall–Kier alpha value is 1.82. The van der Waals surface area contributed by atoms with Crippen molar-refractivity contribution < 1.29 is 65.0 Å². The molecule has 14 N–H and O–H groups in total. The first-order chi connectivity index (χ1) is 1.73. The summed E-state index contributed by atoms with van der Waals surface area (Å²) in [6.07, 6.45) is 0. The van der Waals surface area contributed by atoms with E-state index in [9.17, 15) is 0 Å². The maximum atomic E-state index is 4.94. The molecule has 0 aliphatic carbocycles. The van der Waals surface area contributed by atoms with Crippen LogP contribution in [0, 0.1) is 26.7 Å². The molecule has 0 aromatic rings. The molecule has 0 aliphatic heterocycles. The molecular weight excluding hydrogens is 387 g/mol. The summed E-state index contributed by atoms with van der Waals surface area (Å²) in [5, 5.41) is 0. The van der Waals surface area contributed by atoms with Gasteiger partial charge < -0.3 is 38.3 Å². The van der Waals surface area contributed by atoms with Crippen LogP contribution in [0.15, 0.2) is 0 Å². The summed E-state index contributed by atoms with van der Waals surface area (Å²) in [6, 6.07) is 0. The Labute approximate surface area is 83.7 Å². The van der Waals surface area contributed by atoms with Crippen molar-refractivity contribution in [3.05, 3.63) is 0 Å². The Morgan fingerprint density at radius 3 is 0.455 bits per heavy atom. The van der Waals surface area contributed by atoms with Gasteiger partial charge in [-0.15, -0.1) is 0 Å². The molecule has 0 aliphatic rings. The average molecular weight is 401 g/mol. The van der Waals surface area contributed by atoms with Crippen LogP contribution in [0.3, 0.4) is 0 Å². The molecule has 0 aromatic carbocycles. The van der Waals surface area contributed by atoms with Gasteiger partial charge in [-0.3, -0.25) is 0 Å². The molecule has 0 unspecified atom stereocenters. The third-order valence-electron chi connectivity index (χ3n) is 0. The first kappa shape index (κ1) is 77.0. The van der Waals surface area contributed by atoms with Gasteiger partial charge in [-0.25, -0.2) is 0 Å². The number of rotatable bonds is 0. The van der Waals surface area contributed by atoms with Crippen LogP contribution in [0.1, 0.15) is 0 Å². The van der Waals surface area contributed by atoms with E-state index in [1.807, 2.05) is 0 Å². The molecule has 11 heteroatoms. The summed E-state index contributed by atoms with van der Waals surface area (Å²) in [5.74, 6) is 0. The van der Waals surface area contributed by atoms with Crippen LogP contribution in [0.2, 0.25) is 0 Å². The van der Waals surface area contributed by atoms with E-state index in [0.717, 1.165) is 0 Å². The van der Waals surface area contributed by atoms with Crippen LogP contribution in [0.5, 0.6) is 0 Å². The molecule has 0 radical (unpaired) electrons. The van der Waals surface area contributed by atoms with Crippen molar-refractivity contribution in [1.29, 1.82) is 0 Å². The van der Waals surface area contributed by atoms with E-state index in [2.05, 4.69) is 0 Å². The van der Waals surface area contributed by atoms with E-state index in [4.69, 9.17) is 19.7 Å². The summed E-state index contributed by atoms with van der Waals surface area (Å²) < 4.78 is 0. The Balaban J connectivity index is -0.00000000214. The second-order valence-electron chi connectivity index (χ2n) is 0.119. The average Bonchev–Trinajstić information content (AvgIpc) is 0.811. The Morgan fingerprint density at radius 1 is 0.455 bits per heavy atom. The summed E-state index contributed by atoms with van der Waals surface area (Å²) in [6.45, 7) is 14.8. The second kappa shape index (κ2) is 59.5. The van der Waals surface area contributed by atoms with Gasteiger partial charge in [0, 0.05) is 0 Å². The number of hydrogen-bond donors (Lipinski definition) is 0. The molecule has 90 valence electrons. The van der Waals surface area contributed by atoms with E-state index in [1.165, 1.54) is 0 Å². The zero-order valence-electron chi connectivity index (χ0n) is 4.91. The Kier molecular flexibility index (Phi) is 417. The van der Waals surface area contributed by atoms with Crippen molar-refractivity contribution in [2.75, 3.05) is 0 Å². The van der Waals surface area contributed by atoms with E-state index in [-0.39, 0.29) is 38.3 Å². The second-order valence-corrected chi connectivity index (χ2v) is 7.93. The molecule has 0 spiro atoms. The van der Waals surface area contributed by atoms with Crippen molar-refractivity contribution in [3.8, 4) is 0 Å². The fraction of sp³-hybridized carbons (Fsp3) is 0. The Morgan fingerprint density at radius 2 is 0.455 bits per heavy atom. The SMILES string of the molecule is O.O.O.O.O.O.O.[Cl][Tm]([Cl])[Cl]. The number of hydrogen-bond acceptors (Lipinski definition) is 0. The zero-order valence-corrected chi connectivity index (χ0v) is 8.96. The molecule has 11 heavy (non-hydrogen) atoms. The predicted octanol–water partition coefficient (Wildman–Crippen LogP) is -3.70. The molecular formula is H14Cl3O7Tm. The van der Waals surface area contributed by atoms with Gasteiger partial charge in [0.05, 0.1) is 0 Å². The minimum absolute atomic E-state index is 0. The summed E-state index contributed by atoms with van der Waals surface area (Å²) in [5.41, 5.74) is 0. The monoisotopic (exact) mass is 400 g/mol. The van der Waals surface area contributed by atoms with Crippen molar-refractivity contribution >= 4 is 19.7 Å². The first-order valence-corrected chi connectivity index (χ1v) is 7.00. The minimum atomic E-state index is -1.66. The van der Waals surface area contributed by atoms with E-state index in [1.54, 1.807) is 0 Å². The van der Waals surface area contributed by atoms with Gasteiger partial charge in [0.15, 0.2) is 0 Å². The third kappa shape index (κ3) is 343. The van der Waals surface area contributed by atoms with Crippen LogP contribution in [-0.4, -0.2) is 38.3 Å². The van der Waals surface area contributed by atoms with Gasteiger partial charge >= 0.3 is 46.3 Å².